The Bertz CT molecular complexity index is 1580. The first-order valence-corrected chi connectivity index (χ1v) is 12.7. The van der Waals surface area contributed by atoms with E-state index in [1.807, 2.05) is 37.3 Å². The van der Waals surface area contributed by atoms with E-state index in [9.17, 15) is 13.2 Å². The van der Waals surface area contributed by atoms with Crippen molar-refractivity contribution in [1.29, 1.82) is 0 Å². The van der Waals surface area contributed by atoms with E-state index in [-0.39, 0.29) is 4.90 Å². The van der Waals surface area contributed by atoms with Crippen LogP contribution in [-0.2, 0) is 14.6 Å². The summed E-state index contributed by atoms with van der Waals surface area (Å²) in [6.07, 6.45) is 5.80. The second kappa shape index (κ2) is 9.68. The predicted octanol–water partition coefficient (Wildman–Crippen LogP) is 5.57. The number of aliphatic carboxylic acids is 1. The first-order chi connectivity index (χ1) is 16.7. The molecule has 0 unspecified atom stereocenters. The summed E-state index contributed by atoms with van der Waals surface area (Å²) in [4.78, 5) is 10.8. The molecule has 1 heterocycles. The van der Waals surface area contributed by atoms with E-state index in [1.54, 1.807) is 18.3 Å². The second-order valence-electron chi connectivity index (χ2n) is 8.09. The molecule has 0 aliphatic rings. The summed E-state index contributed by atoms with van der Waals surface area (Å²) in [5.74, 6) is -1.66. The largest absolute Gasteiger partial charge is 0.478 e. The number of aromatic nitrogens is 2. The lowest BCUT2D eigenvalue weighted by molar-refractivity contribution is -0.131. The molecule has 3 aromatic carbocycles. The van der Waals surface area contributed by atoms with E-state index in [1.165, 1.54) is 18.2 Å². The van der Waals surface area contributed by atoms with Crippen LogP contribution in [-0.4, -0.2) is 35.9 Å². The third-order valence-corrected chi connectivity index (χ3v) is 6.81. The number of halogens is 1. The Balaban J connectivity index is 1.94. The van der Waals surface area contributed by atoms with Crippen molar-refractivity contribution in [2.75, 3.05) is 6.26 Å². The van der Waals surface area contributed by atoms with Gasteiger partial charge in [-0.3, -0.25) is 5.10 Å². The van der Waals surface area contributed by atoms with Crippen molar-refractivity contribution in [3.63, 3.8) is 0 Å². The maximum Gasteiger partial charge on any atom is 0.328 e. The Morgan fingerprint density at radius 2 is 1.77 bits per heavy atom. The van der Waals surface area contributed by atoms with Crippen molar-refractivity contribution < 1.29 is 22.7 Å². The second-order valence-corrected chi connectivity index (χ2v) is 10.1. The number of carboxylic acids is 1. The molecular weight excluding hydrogens is 467 g/mol. The number of allylic oxidation sites excluding steroid dienone is 1. The fraction of sp³-hybridized carbons (Fsp3) is 0.111. The molecule has 8 heteroatoms. The average Bonchev–Trinajstić information content (AvgIpc) is 3.29. The van der Waals surface area contributed by atoms with Crippen LogP contribution in [0.25, 0.3) is 28.1 Å². The number of carbonyl (C=O) groups is 1. The Morgan fingerprint density at radius 3 is 2.40 bits per heavy atom. The van der Waals surface area contributed by atoms with Crippen molar-refractivity contribution in [1.82, 2.24) is 10.2 Å². The molecule has 1 aromatic heterocycles. The van der Waals surface area contributed by atoms with Crippen molar-refractivity contribution in [3.05, 3.63) is 101 Å². The van der Waals surface area contributed by atoms with Gasteiger partial charge in [-0.1, -0.05) is 43.3 Å². The summed E-state index contributed by atoms with van der Waals surface area (Å²) in [5.41, 5.74) is 5.04. The van der Waals surface area contributed by atoms with Gasteiger partial charge in [-0.2, -0.15) is 5.10 Å². The minimum Gasteiger partial charge on any atom is -0.478 e. The fourth-order valence-electron chi connectivity index (χ4n) is 4.01. The van der Waals surface area contributed by atoms with Crippen LogP contribution < -0.4 is 0 Å². The summed E-state index contributed by atoms with van der Waals surface area (Å²) < 4.78 is 39.1. The quantitative estimate of drug-likeness (QED) is 0.260. The summed E-state index contributed by atoms with van der Waals surface area (Å²) in [7, 11) is -3.55. The van der Waals surface area contributed by atoms with E-state index in [4.69, 9.17) is 5.11 Å². The van der Waals surface area contributed by atoms with Gasteiger partial charge in [0.05, 0.1) is 16.6 Å². The third-order valence-electron chi connectivity index (χ3n) is 5.70. The Hall–Kier alpha value is -4.04. The van der Waals surface area contributed by atoms with Crippen LogP contribution in [0.3, 0.4) is 0 Å². The number of rotatable bonds is 7. The molecule has 0 spiro atoms. The highest BCUT2D eigenvalue weighted by molar-refractivity contribution is 7.90. The van der Waals surface area contributed by atoms with E-state index < -0.39 is 21.6 Å². The number of benzene rings is 3. The highest BCUT2D eigenvalue weighted by Gasteiger charge is 2.18. The SMILES string of the molecule is CC/C(=C(/c1ccc(/C=C/C(=O)O)cc1)c1ccc2[nH]ncc2c1)c1ccc(S(C)(=O)=O)cc1F. The van der Waals surface area contributed by atoms with Gasteiger partial charge in [-0.15, -0.1) is 0 Å². The van der Waals surface area contributed by atoms with Crippen molar-refractivity contribution in [2.45, 2.75) is 18.2 Å². The van der Waals surface area contributed by atoms with E-state index in [0.717, 1.165) is 46.0 Å². The zero-order chi connectivity index (χ0) is 25.2. The van der Waals surface area contributed by atoms with Crippen LogP contribution in [0, 0.1) is 5.82 Å². The monoisotopic (exact) mass is 490 g/mol. The van der Waals surface area contributed by atoms with E-state index in [2.05, 4.69) is 10.2 Å². The predicted molar refractivity (Wildman–Crippen MR) is 135 cm³/mol. The molecule has 35 heavy (non-hydrogen) atoms. The van der Waals surface area contributed by atoms with Crippen LogP contribution >= 0.6 is 0 Å². The van der Waals surface area contributed by atoms with Crippen LogP contribution in [0.2, 0.25) is 0 Å². The van der Waals surface area contributed by atoms with Gasteiger partial charge in [-0.25, -0.2) is 17.6 Å². The van der Waals surface area contributed by atoms with Gasteiger partial charge >= 0.3 is 5.97 Å². The number of hydrogen-bond donors (Lipinski definition) is 2. The number of carboxylic acid groups (broad SMARTS) is 1. The standard InChI is InChI=1S/C27H23FN2O4S/c1-3-22(23-11-10-21(15-24(23)28)35(2,33)34)27(19-9-12-25-20(14-19)16-29-30-25)18-7-4-17(5-8-18)6-13-26(31)32/h4-16H,3H2,1-2H3,(H,29,30)(H,31,32)/b13-6+,27-22+. The molecule has 4 rings (SSSR count). The molecule has 0 aliphatic carbocycles. The molecule has 6 nitrogen and oxygen atoms in total. The first-order valence-electron chi connectivity index (χ1n) is 10.9. The Kier molecular flexibility index (Phi) is 6.66. The number of nitrogens with one attached hydrogen (secondary N) is 1. The van der Waals surface area contributed by atoms with Crippen LogP contribution in [0.1, 0.15) is 35.6 Å². The molecule has 0 saturated heterocycles. The first kappa shape index (κ1) is 24.1. The smallest absolute Gasteiger partial charge is 0.328 e. The molecule has 0 fully saturated rings. The fourth-order valence-corrected chi connectivity index (χ4v) is 4.65. The summed E-state index contributed by atoms with van der Waals surface area (Å²) in [5, 5.41) is 16.8. The maximum absolute atomic E-state index is 15.3. The van der Waals surface area contributed by atoms with Gasteiger partial charge in [-0.05, 0) is 64.6 Å². The summed E-state index contributed by atoms with van der Waals surface area (Å²) in [6.45, 7) is 1.92. The molecule has 4 aromatic rings. The van der Waals surface area contributed by atoms with E-state index >= 15 is 4.39 Å². The molecule has 2 N–H and O–H groups in total. The minimum atomic E-state index is -3.55. The van der Waals surface area contributed by atoms with Gasteiger partial charge in [0.25, 0.3) is 0 Å². The topological polar surface area (TPSA) is 100 Å². The average molecular weight is 491 g/mol. The highest BCUT2D eigenvalue weighted by Crippen LogP contribution is 2.37. The zero-order valence-corrected chi connectivity index (χ0v) is 19.9. The van der Waals surface area contributed by atoms with Crippen molar-refractivity contribution >= 4 is 43.9 Å². The zero-order valence-electron chi connectivity index (χ0n) is 19.1. The molecular formula is C27H23FN2O4S. The summed E-state index contributed by atoms with van der Waals surface area (Å²) in [6, 6.07) is 17.1. The highest BCUT2D eigenvalue weighted by atomic mass is 32.2. The molecule has 0 bridgehead atoms. The number of fused-ring (bicyclic) bond motifs is 1. The number of hydrogen-bond acceptors (Lipinski definition) is 4. The van der Waals surface area contributed by atoms with Gasteiger partial charge in [0.2, 0.25) is 0 Å². The molecule has 0 amide bonds. The van der Waals surface area contributed by atoms with Crippen molar-refractivity contribution in [2.24, 2.45) is 0 Å². The molecule has 0 saturated carbocycles. The molecule has 0 radical (unpaired) electrons. The van der Waals surface area contributed by atoms with Crippen LogP contribution in [0.15, 0.2) is 77.8 Å². The number of aromatic amines is 1. The molecule has 0 aliphatic heterocycles. The number of H-pyrrole nitrogens is 1. The third kappa shape index (κ3) is 5.22. The van der Waals surface area contributed by atoms with E-state index in [0.29, 0.717) is 23.1 Å². The Morgan fingerprint density at radius 1 is 1.06 bits per heavy atom. The lowest BCUT2D eigenvalue weighted by Gasteiger charge is -2.17. The molecule has 0 atom stereocenters. The lowest BCUT2D eigenvalue weighted by Crippen LogP contribution is -2.01. The van der Waals surface area contributed by atoms with Gasteiger partial charge in [0.15, 0.2) is 9.84 Å². The minimum absolute atomic E-state index is 0.0786. The van der Waals surface area contributed by atoms with Crippen molar-refractivity contribution in [3.8, 4) is 0 Å². The number of sulfone groups is 1. The van der Waals surface area contributed by atoms with Gasteiger partial charge < -0.3 is 5.11 Å². The number of nitrogens with zero attached hydrogens (tertiary/aromatic N) is 1. The van der Waals surface area contributed by atoms with Gasteiger partial charge in [0.1, 0.15) is 5.82 Å². The Labute approximate surface area is 202 Å². The van der Waals surface area contributed by atoms with Crippen LogP contribution in [0.4, 0.5) is 4.39 Å². The van der Waals surface area contributed by atoms with Gasteiger partial charge in [0, 0.05) is 23.3 Å². The molecule has 178 valence electrons. The van der Waals surface area contributed by atoms with Crippen LogP contribution in [0.5, 0.6) is 0 Å². The normalized spacial score (nSPS) is 12.8. The lowest BCUT2D eigenvalue weighted by atomic mass is 9.87. The summed E-state index contributed by atoms with van der Waals surface area (Å²) >= 11 is 0. The maximum atomic E-state index is 15.3.